The molecule has 0 aromatic rings. The van der Waals surface area contributed by atoms with E-state index in [1.54, 1.807) is 6.92 Å². The number of piperazine rings is 1. The van der Waals surface area contributed by atoms with Crippen molar-refractivity contribution in [3.8, 4) is 0 Å². The molecule has 11 heavy (non-hydrogen) atoms. The second-order valence-corrected chi connectivity index (χ2v) is 2.98. The molecule has 0 bridgehead atoms. The van der Waals surface area contributed by atoms with Crippen molar-refractivity contribution in [2.24, 2.45) is 0 Å². The van der Waals surface area contributed by atoms with Gasteiger partial charge in [-0.2, -0.15) is 0 Å². The molecule has 0 spiro atoms. The molecule has 1 aliphatic heterocycles. The van der Waals surface area contributed by atoms with Crippen molar-refractivity contribution < 1.29 is 4.79 Å². The maximum atomic E-state index is 10.9. The highest BCUT2D eigenvalue weighted by Crippen LogP contribution is 2.01. The molecule has 64 valence electrons. The molecule has 0 aromatic carbocycles. The lowest BCUT2D eigenvalue weighted by molar-refractivity contribution is -0.130. The number of alkyl halides is 1. The van der Waals surface area contributed by atoms with Crippen LogP contribution in [0.25, 0.3) is 0 Å². The Hall–Kier alpha value is -0.280. The Balaban J connectivity index is 2.30. The molecule has 1 amide bonds. The first-order valence-electron chi connectivity index (χ1n) is 3.78. The van der Waals surface area contributed by atoms with Crippen LogP contribution in [0.4, 0.5) is 0 Å². The van der Waals surface area contributed by atoms with Crippen LogP contribution in [0, 0.1) is 0 Å². The number of hydrogen-bond acceptors (Lipinski definition) is 2. The standard InChI is InChI=1S/C7H13ClN2O/c1-7(11)10-4-2-9(6-8)3-5-10/h2-6H2,1H3. The highest BCUT2D eigenvalue weighted by Gasteiger charge is 2.16. The van der Waals surface area contributed by atoms with Gasteiger partial charge in [0.1, 0.15) is 0 Å². The van der Waals surface area contributed by atoms with Crippen LogP contribution in [0.2, 0.25) is 0 Å². The summed E-state index contributed by atoms with van der Waals surface area (Å²) in [5, 5.41) is 0. The summed E-state index contributed by atoms with van der Waals surface area (Å²) >= 11 is 5.63. The Morgan fingerprint density at radius 2 is 1.91 bits per heavy atom. The zero-order valence-corrected chi connectivity index (χ0v) is 7.47. The van der Waals surface area contributed by atoms with Gasteiger partial charge in [-0.05, 0) is 0 Å². The van der Waals surface area contributed by atoms with Gasteiger partial charge < -0.3 is 4.90 Å². The van der Waals surface area contributed by atoms with Crippen molar-refractivity contribution in [2.45, 2.75) is 6.92 Å². The summed E-state index contributed by atoms with van der Waals surface area (Å²) in [6, 6.07) is 0.575. The average molecular weight is 177 g/mol. The van der Waals surface area contributed by atoms with Gasteiger partial charge in [0.25, 0.3) is 0 Å². The molecule has 0 aliphatic carbocycles. The molecule has 1 aliphatic rings. The summed E-state index contributed by atoms with van der Waals surface area (Å²) in [5.74, 6) is 0.166. The van der Waals surface area contributed by atoms with Gasteiger partial charge >= 0.3 is 0 Å². The smallest absolute Gasteiger partial charge is 0.219 e. The molecule has 1 rings (SSSR count). The van der Waals surface area contributed by atoms with Crippen LogP contribution in [-0.2, 0) is 4.79 Å². The maximum absolute atomic E-state index is 10.9. The van der Waals surface area contributed by atoms with Gasteiger partial charge in [0.05, 0.1) is 6.00 Å². The van der Waals surface area contributed by atoms with Crippen molar-refractivity contribution in [2.75, 3.05) is 32.2 Å². The van der Waals surface area contributed by atoms with Gasteiger partial charge in [-0.3, -0.25) is 9.69 Å². The Morgan fingerprint density at radius 3 is 2.27 bits per heavy atom. The van der Waals surface area contributed by atoms with Crippen molar-refractivity contribution >= 4 is 17.5 Å². The monoisotopic (exact) mass is 176 g/mol. The zero-order chi connectivity index (χ0) is 8.27. The molecular formula is C7H13ClN2O. The summed E-state index contributed by atoms with van der Waals surface area (Å²) in [4.78, 5) is 14.8. The third kappa shape index (κ3) is 2.34. The molecule has 3 nitrogen and oxygen atoms in total. The van der Waals surface area contributed by atoms with E-state index < -0.39 is 0 Å². The normalized spacial score (nSPS) is 20.4. The molecule has 1 fully saturated rings. The lowest BCUT2D eigenvalue weighted by Gasteiger charge is -2.32. The van der Waals surface area contributed by atoms with Crippen LogP contribution in [0.15, 0.2) is 0 Å². The fourth-order valence-corrected chi connectivity index (χ4v) is 1.42. The summed E-state index contributed by atoms with van der Waals surface area (Å²) in [7, 11) is 0. The Labute approximate surface area is 71.9 Å². The second kappa shape index (κ2) is 3.93. The molecule has 0 N–H and O–H groups in total. The van der Waals surface area contributed by atoms with E-state index >= 15 is 0 Å². The van der Waals surface area contributed by atoms with Crippen molar-refractivity contribution in [3.63, 3.8) is 0 Å². The van der Waals surface area contributed by atoms with Crippen LogP contribution in [0.3, 0.4) is 0 Å². The number of amides is 1. The van der Waals surface area contributed by atoms with Crippen molar-refractivity contribution in [1.82, 2.24) is 9.80 Å². The molecule has 0 saturated carbocycles. The van der Waals surface area contributed by atoms with E-state index in [2.05, 4.69) is 4.90 Å². The first-order valence-corrected chi connectivity index (χ1v) is 4.31. The predicted octanol–water partition coefficient (Wildman–Crippen LogP) is 0.347. The summed E-state index contributed by atoms with van der Waals surface area (Å²) in [5.41, 5.74) is 0. The van der Waals surface area contributed by atoms with Gasteiger partial charge in [0, 0.05) is 33.1 Å². The van der Waals surface area contributed by atoms with E-state index in [0.717, 1.165) is 26.2 Å². The van der Waals surface area contributed by atoms with Crippen LogP contribution in [-0.4, -0.2) is 47.9 Å². The lowest BCUT2D eigenvalue weighted by Crippen LogP contribution is -2.47. The third-order valence-corrected chi connectivity index (χ3v) is 2.32. The molecule has 1 saturated heterocycles. The predicted molar refractivity (Wildman–Crippen MR) is 44.5 cm³/mol. The number of rotatable bonds is 1. The third-order valence-electron chi connectivity index (χ3n) is 1.99. The van der Waals surface area contributed by atoms with Crippen LogP contribution in [0.5, 0.6) is 0 Å². The number of carbonyl (C=O) groups is 1. The van der Waals surface area contributed by atoms with Gasteiger partial charge in [-0.1, -0.05) is 0 Å². The van der Waals surface area contributed by atoms with E-state index in [0.29, 0.717) is 6.00 Å². The molecule has 0 radical (unpaired) electrons. The fraction of sp³-hybridized carbons (Fsp3) is 0.857. The Bertz CT molecular complexity index is 143. The summed E-state index contributed by atoms with van der Waals surface area (Å²) < 4.78 is 0. The van der Waals surface area contributed by atoms with Crippen LogP contribution >= 0.6 is 11.6 Å². The van der Waals surface area contributed by atoms with Crippen LogP contribution < -0.4 is 0 Å². The van der Waals surface area contributed by atoms with E-state index in [4.69, 9.17) is 11.6 Å². The minimum Gasteiger partial charge on any atom is -0.340 e. The van der Waals surface area contributed by atoms with Crippen LogP contribution in [0.1, 0.15) is 6.92 Å². The van der Waals surface area contributed by atoms with Gasteiger partial charge in [-0.15, -0.1) is 11.6 Å². The van der Waals surface area contributed by atoms with Crippen molar-refractivity contribution in [3.05, 3.63) is 0 Å². The number of nitrogens with zero attached hydrogens (tertiary/aromatic N) is 2. The fourth-order valence-electron chi connectivity index (χ4n) is 1.18. The molecule has 0 unspecified atom stereocenters. The van der Waals surface area contributed by atoms with E-state index in [-0.39, 0.29) is 5.91 Å². The van der Waals surface area contributed by atoms with E-state index in [1.807, 2.05) is 4.90 Å². The largest absolute Gasteiger partial charge is 0.340 e. The summed E-state index contributed by atoms with van der Waals surface area (Å²) in [6.07, 6.45) is 0. The van der Waals surface area contributed by atoms with E-state index in [1.165, 1.54) is 0 Å². The molecule has 0 atom stereocenters. The van der Waals surface area contributed by atoms with Gasteiger partial charge in [0.15, 0.2) is 0 Å². The van der Waals surface area contributed by atoms with Gasteiger partial charge in [-0.25, -0.2) is 0 Å². The molecule has 0 aromatic heterocycles. The molecule has 4 heteroatoms. The lowest BCUT2D eigenvalue weighted by atomic mass is 10.3. The quantitative estimate of drug-likeness (QED) is 0.425. The number of hydrogen-bond donors (Lipinski definition) is 0. The minimum absolute atomic E-state index is 0.166. The average Bonchev–Trinajstić information content (AvgIpc) is 2.05. The molecule has 1 heterocycles. The first-order chi connectivity index (χ1) is 5.24. The maximum Gasteiger partial charge on any atom is 0.219 e. The Morgan fingerprint density at radius 1 is 1.36 bits per heavy atom. The van der Waals surface area contributed by atoms with E-state index in [9.17, 15) is 4.79 Å². The zero-order valence-electron chi connectivity index (χ0n) is 6.72. The SMILES string of the molecule is CC(=O)N1CCN(CCl)CC1. The second-order valence-electron chi connectivity index (χ2n) is 2.74. The molecular weight excluding hydrogens is 164 g/mol. The van der Waals surface area contributed by atoms with Crippen molar-refractivity contribution in [1.29, 1.82) is 0 Å². The minimum atomic E-state index is 0.166. The highest BCUT2D eigenvalue weighted by molar-refractivity contribution is 6.17. The topological polar surface area (TPSA) is 23.6 Å². The summed E-state index contributed by atoms with van der Waals surface area (Å²) in [6.45, 7) is 5.06. The number of carbonyl (C=O) groups excluding carboxylic acids is 1. The van der Waals surface area contributed by atoms with Gasteiger partial charge in [0.2, 0.25) is 5.91 Å². The Kier molecular flexibility index (Phi) is 3.15. The number of halogens is 1. The highest BCUT2D eigenvalue weighted by atomic mass is 35.5. The first kappa shape index (κ1) is 8.81.